The number of nitrogens with one attached hydrogen (secondary N) is 1. The van der Waals surface area contributed by atoms with Crippen LogP contribution < -0.4 is 5.32 Å². The van der Waals surface area contributed by atoms with Gasteiger partial charge in [-0.25, -0.2) is 0 Å². The minimum atomic E-state index is -0.777. The van der Waals surface area contributed by atoms with Gasteiger partial charge in [0.05, 0.1) is 4.92 Å². The molecule has 0 saturated heterocycles. The SMILES string of the molecule is O=[N+]([O-])c1c(F)cccc1NC1CCCCCCC1. The molecule has 0 radical (unpaired) electrons. The second kappa shape index (κ2) is 6.50. The van der Waals surface area contributed by atoms with Crippen LogP contribution in [0.25, 0.3) is 0 Å². The lowest BCUT2D eigenvalue weighted by molar-refractivity contribution is -0.386. The fraction of sp³-hybridized carbons (Fsp3) is 0.571. The molecule has 4 nitrogen and oxygen atoms in total. The molecule has 0 aromatic heterocycles. The van der Waals surface area contributed by atoms with E-state index in [2.05, 4.69) is 5.32 Å². The number of para-hydroxylation sites is 1. The third kappa shape index (κ3) is 3.66. The maximum absolute atomic E-state index is 13.5. The Morgan fingerprint density at radius 1 is 1.16 bits per heavy atom. The molecule has 1 aliphatic carbocycles. The number of halogens is 1. The number of nitro benzene ring substituents is 1. The summed E-state index contributed by atoms with van der Waals surface area (Å²) in [5, 5.41) is 14.1. The van der Waals surface area contributed by atoms with Crippen LogP contribution in [-0.4, -0.2) is 11.0 Å². The molecule has 0 amide bonds. The van der Waals surface area contributed by atoms with Crippen LogP contribution in [0.1, 0.15) is 44.9 Å². The normalized spacial score (nSPS) is 17.5. The number of rotatable bonds is 3. The largest absolute Gasteiger partial charge is 0.377 e. The molecule has 1 aliphatic rings. The third-order valence-electron chi connectivity index (χ3n) is 3.63. The Morgan fingerprint density at radius 2 is 1.79 bits per heavy atom. The van der Waals surface area contributed by atoms with Crippen LogP contribution in [0.2, 0.25) is 0 Å². The van der Waals surface area contributed by atoms with Crippen molar-refractivity contribution >= 4 is 11.4 Å². The smallest absolute Gasteiger partial charge is 0.327 e. The summed E-state index contributed by atoms with van der Waals surface area (Å²) in [6.07, 6.45) is 7.93. The summed E-state index contributed by atoms with van der Waals surface area (Å²) in [6, 6.07) is 4.43. The zero-order valence-corrected chi connectivity index (χ0v) is 10.9. The first-order valence-electron chi connectivity index (χ1n) is 6.88. The maximum Gasteiger partial charge on any atom is 0.327 e. The minimum absolute atomic E-state index is 0.209. The van der Waals surface area contributed by atoms with Gasteiger partial charge in [0.15, 0.2) is 0 Å². The monoisotopic (exact) mass is 266 g/mol. The lowest BCUT2D eigenvalue weighted by atomic mass is 9.96. The lowest BCUT2D eigenvalue weighted by Crippen LogP contribution is -2.21. The van der Waals surface area contributed by atoms with E-state index in [9.17, 15) is 14.5 Å². The molecule has 0 unspecified atom stereocenters. The first kappa shape index (κ1) is 13.8. The quantitative estimate of drug-likeness (QED) is 0.657. The molecule has 0 bridgehead atoms. The number of hydrogen-bond donors (Lipinski definition) is 1. The van der Waals surface area contributed by atoms with E-state index < -0.39 is 16.4 Å². The van der Waals surface area contributed by atoms with Crippen LogP contribution in [0.4, 0.5) is 15.8 Å². The summed E-state index contributed by atoms with van der Waals surface area (Å²) in [5.41, 5.74) is -0.139. The number of nitro groups is 1. The number of nitrogens with zero attached hydrogens (tertiary/aromatic N) is 1. The molecule has 104 valence electrons. The van der Waals surface area contributed by atoms with Crippen molar-refractivity contribution in [1.82, 2.24) is 0 Å². The minimum Gasteiger partial charge on any atom is -0.377 e. The summed E-state index contributed by atoms with van der Waals surface area (Å²) < 4.78 is 13.5. The predicted molar refractivity (Wildman–Crippen MR) is 72.8 cm³/mol. The average Bonchev–Trinajstić information content (AvgIpc) is 2.32. The van der Waals surface area contributed by atoms with Gasteiger partial charge in [-0.15, -0.1) is 0 Å². The molecule has 0 aliphatic heterocycles. The van der Waals surface area contributed by atoms with Gasteiger partial charge in [-0.2, -0.15) is 4.39 Å². The van der Waals surface area contributed by atoms with Crippen molar-refractivity contribution in [2.24, 2.45) is 0 Å². The molecule has 19 heavy (non-hydrogen) atoms. The Kier molecular flexibility index (Phi) is 4.71. The van der Waals surface area contributed by atoms with E-state index in [0.717, 1.165) is 31.7 Å². The van der Waals surface area contributed by atoms with Gasteiger partial charge in [-0.3, -0.25) is 10.1 Å². The van der Waals surface area contributed by atoms with Crippen molar-refractivity contribution in [3.63, 3.8) is 0 Å². The van der Waals surface area contributed by atoms with Gasteiger partial charge in [0.1, 0.15) is 5.69 Å². The molecule has 0 atom stereocenters. The zero-order valence-electron chi connectivity index (χ0n) is 10.9. The Balaban J connectivity index is 2.13. The second-order valence-electron chi connectivity index (χ2n) is 5.08. The van der Waals surface area contributed by atoms with Crippen molar-refractivity contribution < 1.29 is 9.31 Å². The van der Waals surface area contributed by atoms with E-state index in [1.165, 1.54) is 25.3 Å². The van der Waals surface area contributed by atoms with E-state index in [-0.39, 0.29) is 6.04 Å². The van der Waals surface area contributed by atoms with Crippen LogP contribution in [0.5, 0.6) is 0 Å². The fourth-order valence-electron chi connectivity index (χ4n) is 2.64. The Labute approximate surface area is 112 Å². The zero-order chi connectivity index (χ0) is 13.7. The summed E-state index contributed by atoms with van der Waals surface area (Å²) in [6.45, 7) is 0. The van der Waals surface area contributed by atoms with Crippen LogP contribution in [0, 0.1) is 15.9 Å². The molecule has 2 rings (SSSR count). The van der Waals surface area contributed by atoms with Gasteiger partial charge in [0.25, 0.3) is 0 Å². The van der Waals surface area contributed by atoms with E-state index >= 15 is 0 Å². The molecular formula is C14H19FN2O2. The molecule has 1 aromatic rings. The number of anilines is 1. The van der Waals surface area contributed by atoms with Crippen molar-refractivity contribution in [2.45, 2.75) is 51.0 Å². The standard InChI is InChI=1S/C14H19FN2O2/c15-12-9-6-10-13(14(12)17(18)19)16-11-7-4-2-1-3-5-8-11/h6,9-11,16H,1-5,7-8H2. The van der Waals surface area contributed by atoms with Crippen LogP contribution in [-0.2, 0) is 0 Å². The third-order valence-corrected chi connectivity index (χ3v) is 3.63. The highest BCUT2D eigenvalue weighted by Crippen LogP contribution is 2.29. The lowest BCUT2D eigenvalue weighted by Gasteiger charge is -2.22. The van der Waals surface area contributed by atoms with E-state index in [1.54, 1.807) is 6.07 Å². The maximum atomic E-state index is 13.5. The summed E-state index contributed by atoms with van der Waals surface area (Å²) in [7, 11) is 0. The van der Waals surface area contributed by atoms with Crippen molar-refractivity contribution in [2.75, 3.05) is 5.32 Å². The predicted octanol–water partition coefficient (Wildman–Crippen LogP) is 4.26. The van der Waals surface area contributed by atoms with Gasteiger partial charge in [0, 0.05) is 6.04 Å². The van der Waals surface area contributed by atoms with Crippen LogP contribution in [0.15, 0.2) is 18.2 Å². The molecule has 1 fully saturated rings. The molecule has 0 heterocycles. The molecule has 0 spiro atoms. The highest BCUT2D eigenvalue weighted by molar-refractivity contribution is 5.62. The van der Waals surface area contributed by atoms with E-state index in [1.807, 2.05) is 0 Å². The van der Waals surface area contributed by atoms with Gasteiger partial charge in [0.2, 0.25) is 5.82 Å². The fourth-order valence-corrected chi connectivity index (χ4v) is 2.64. The van der Waals surface area contributed by atoms with Crippen molar-refractivity contribution in [3.8, 4) is 0 Å². The van der Waals surface area contributed by atoms with Gasteiger partial charge in [-0.1, -0.05) is 38.2 Å². The topological polar surface area (TPSA) is 55.2 Å². The van der Waals surface area contributed by atoms with Crippen molar-refractivity contribution in [1.29, 1.82) is 0 Å². The van der Waals surface area contributed by atoms with E-state index in [4.69, 9.17) is 0 Å². The highest BCUT2D eigenvalue weighted by Gasteiger charge is 2.22. The Morgan fingerprint density at radius 3 is 2.42 bits per heavy atom. The van der Waals surface area contributed by atoms with Gasteiger partial charge < -0.3 is 5.32 Å². The van der Waals surface area contributed by atoms with Crippen LogP contribution >= 0.6 is 0 Å². The van der Waals surface area contributed by atoms with E-state index in [0.29, 0.717) is 5.69 Å². The summed E-state index contributed by atoms with van der Waals surface area (Å²) in [4.78, 5) is 10.3. The Hall–Kier alpha value is -1.65. The van der Waals surface area contributed by atoms with Gasteiger partial charge >= 0.3 is 5.69 Å². The Bertz CT molecular complexity index is 443. The van der Waals surface area contributed by atoms with Crippen molar-refractivity contribution in [3.05, 3.63) is 34.1 Å². The molecule has 1 aromatic carbocycles. The van der Waals surface area contributed by atoms with Crippen LogP contribution in [0.3, 0.4) is 0 Å². The number of benzene rings is 1. The summed E-state index contributed by atoms with van der Waals surface area (Å²) >= 11 is 0. The second-order valence-corrected chi connectivity index (χ2v) is 5.08. The van der Waals surface area contributed by atoms with Gasteiger partial charge in [-0.05, 0) is 25.0 Å². The molecular weight excluding hydrogens is 247 g/mol. The first-order chi connectivity index (χ1) is 9.18. The first-order valence-corrected chi connectivity index (χ1v) is 6.88. The molecule has 1 saturated carbocycles. The summed E-state index contributed by atoms with van der Waals surface area (Å²) in [5.74, 6) is -0.777. The molecule has 1 N–H and O–H groups in total. The average molecular weight is 266 g/mol. The molecule has 5 heteroatoms. The number of hydrogen-bond acceptors (Lipinski definition) is 3. The highest BCUT2D eigenvalue weighted by atomic mass is 19.1.